The zero-order chi connectivity index (χ0) is 36.1. The summed E-state index contributed by atoms with van der Waals surface area (Å²) < 4.78 is 16.2. The quantitative estimate of drug-likeness (QED) is 0.284. The van der Waals surface area contributed by atoms with E-state index in [0.29, 0.717) is 0 Å². The minimum Gasteiger partial charge on any atom is -0.444 e. The van der Waals surface area contributed by atoms with Gasteiger partial charge in [-0.3, -0.25) is 9.58 Å². The molecular weight excluding hydrogens is 666 g/mol. The first kappa shape index (κ1) is 35.2. The number of benzene rings is 1. The summed E-state index contributed by atoms with van der Waals surface area (Å²) in [6.07, 6.45) is 10.2. The minimum atomic E-state index is -0.500. The van der Waals surface area contributed by atoms with Gasteiger partial charge in [-0.25, -0.2) is 9.48 Å². The number of nitrogens with zero attached hydrogens (tertiary/aromatic N) is 7. The SMILES string of the molecule is Cc1cc2c(cnn2C2CCCCO2)c(-c2c(N3CCN(C(C)(C)CO)CC34CCC4)nn(C3CC4(C3)CN(C(=O)OC(C)(C)C)C4)c2C)c1Cl. The van der Waals surface area contributed by atoms with Gasteiger partial charge in [-0.05, 0) is 111 Å². The van der Waals surface area contributed by atoms with Crippen LogP contribution in [-0.4, -0.2) is 103 Å². The minimum absolute atomic E-state index is 0.0523. The summed E-state index contributed by atoms with van der Waals surface area (Å²) in [6.45, 7) is 19.3. The highest BCUT2D eigenvalue weighted by molar-refractivity contribution is 6.36. The summed E-state index contributed by atoms with van der Waals surface area (Å²) in [6, 6.07) is 2.40. The van der Waals surface area contributed by atoms with Gasteiger partial charge in [-0.2, -0.15) is 10.2 Å². The number of anilines is 1. The van der Waals surface area contributed by atoms with Crippen LogP contribution in [0.15, 0.2) is 12.3 Å². The van der Waals surface area contributed by atoms with E-state index in [4.69, 9.17) is 31.3 Å². The standard InChI is InChI=1S/C39H56ClN7O4/c1-25-17-29-28(20-41-47(29)30-11-8-9-16-50-30)32(33(25)40)31-26(2)46(27-18-38(19-27)21-43(22-38)35(49)51-36(3,4)5)42-34(31)45-15-14-44(37(6,7)24-48)23-39(45)12-10-13-39/h17,20,27,30,48H,8-16,18-19,21-24H2,1-7H3. The molecule has 8 rings (SSSR count). The molecule has 3 aromatic rings. The Labute approximate surface area is 307 Å². The van der Waals surface area contributed by atoms with E-state index in [2.05, 4.69) is 52.9 Å². The van der Waals surface area contributed by atoms with Crippen molar-refractivity contribution in [2.24, 2.45) is 5.41 Å². The largest absolute Gasteiger partial charge is 0.444 e. The predicted molar refractivity (Wildman–Crippen MR) is 199 cm³/mol. The number of fused-ring (bicyclic) bond motifs is 1. The smallest absolute Gasteiger partial charge is 0.410 e. The fraction of sp³-hybridized carbons (Fsp3) is 0.718. The molecule has 1 amide bonds. The first-order valence-corrected chi connectivity index (χ1v) is 19.5. The molecule has 1 aromatic carbocycles. The topological polar surface area (TPSA) is 101 Å². The van der Waals surface area contributed by atoms with Gasteiger partial charge in [0.2, 0.25) is 0 Å². The van der Waals surface area contributed by atoms with Crippen LogP contribution in [0, 0.1) is 19.3 Å². The van der Waals surface area contributed by atoms with Crippen molar-refractivity contribution in [1.29, 1.82) is 0 Å². The van der Waals surface area contributed by atoms with Crippen molar-refractivity contribution in [2.75, 3.05) is 50.8 Å². The predicted octanol–water partition coefficient (Wildman–Crippen LogP) is 7.26. The van der Waals surface area contributed by atoms with E-state index < -0.39 is 5.60 Å². The number of aliphatic hydroxyl groups excluding tert-OH is 1. The van der Waals surface area contributed by atoms with Crippen molar-refractivity contribution in [2.45, 2.75) is 129 Å². The lowest BCUT2D eigenvalue weighted by molar-refractivity contribution is -0.0930. The first-order chi connectivity index (χ1) is 24.1. The summed E-state index contributed by atoms with van der Waals surface area (Å²) in [7, 11) is 0. The van der Waals surface area contributed by atoms with Crippen molar-refractivity contribution in [3.63, 3.8) is 0 Å². The molecule has 5 fully saturated rings. The number of hydrogen-bond donors (Lipinski definition) is 1. The molecule has 11 nitrogen and oxygen atoms in total. The molecule has 1 unspecified atom stereocenters. The highest BCUT2D eigenvalue weighted by Crippen LogP contribution is 2.56. The molecule has 3 saturated heterocycles. The van der Waals surface area contributed by atoms with Gasteiger partial charge in [0.05, 0.1) is 34.9 Å². The number of aromatic nitrogens is 4. The van der Waals surface area contributed by atoms with Crippen LogP contribution in [0.2, 0.25) is 5.02 Å². The van der Waals surface area contributed by atoms with E-state index in [1.807, 2.05) is 31.9 Å². The zero-order valence-electron chi connectivity index (χ0n) is 31.6. The molecule has 3 aliphatic heterocycles. The lowest BCUT2D eigenvalue weighted by Crippen LogP contribution is -2.69. The lowest BCUT2D eigenvalue weighted by Gasteiger charge is -2.59. The molecule has 2 aromatic heterocycles. The molecular formula is C39H56ClN7O4. The van der Waals surface area contributed by atoms with Crippen LogP contribution in [0.25, 0.3) is 22.0 Å². The summed E-state index contributed by atoms with van der Waals surface area (Å²) >= 11 is 7.40. The van der Waals surface area contributed by atoms with E-state index in [1.54, 1.807) is 0 Å². The van der Waals surface area contributed by atoms with Crippen molar-refractivity contribution in [3.05, 3.63) is 28.5 Å². The monoisotopic (exact) mass is 721 g/mol. The maximum atomic E-state index is 12.8. The number of likely N-dealkylation sites (tertiary alicyclic amines) is 1. The molecule has 1 atom stereocenters. The third kappa shape index (κ3) is 5.85. The van der Waals surface area contributed by atoms with Crippen molar-refractivity contribution >= 4 is 34.4 Å². The van der Waals surface area contributed by atoms with Crippen LogP contribution >= 0.6 is 11.6 Å². The molecule has 2 saturated carbocycles. The van der Waals surface area contributed by atoms with E-state index in [9.17, 15) is 9.90 Å². The van der Waals surface area contributed by atoms with Gasteiger partial charge >= 0.3 is 6.09 Å². The van der Waals surface area contributed by atoms with Gasteiger partial charge in [0.1, 0.15) is 5.60 Å². The van der Waals surface area contributed by atoms with Crippen LogP contribution in [0.3, 0.4) is 0 Å². The number of aryl methyl sites for hydroxylation is 1. The van der Waals surface area contributed by atoms with Gasteiger partial charge in [0.15, 0.2) is 12.0 Å². The average molecular weight is 722 g/mol. The second-order valence-corrected chi connectivity index (χ2v) is 18.4. The van der Waals surface area contributed by atoms with Gasteiger partial charge in [-0.15, -0.1) is 0 Å². The Hall–Kier alpha value is -2.86. The Morgan fingerprint density at radius 2 is 1.78 bits per heavy atom. The summed E-state index contributed by atoms with van der Waals surface area (Å²) in [5.41, 5.74) is 4.57. The average Bonchev–Trinajstić information content (AvgIpc) is 3.59. The number of halogens is 1. The van der Waals surface area contributed by atoms with Crippen LogP contribution in [-0.2, 0) is 9.47 Å². The Morgan fingerprint density at radius 3 is 2.41 bits per heavy atom. The number of rotatable bonds is 6. The highest BCUT2D eigenvalue weighted by Gasteiger charge is 2.56. The number of aliphatic hydroxyl groups is 1. The number of piperazine rings is 1. The Balaban J connectivity index is 1.19. The van der Waals surface area contributed by atoms with Crippen LogP contribution in [0.4, 0.5) is 10.6 Å². The molecule has 0 bridgehead atoms. The van der Waals surface area contributed by atoms with Gasteiger partial charge in [0, 0.05) is 72.5 Å². The Kier molecular flexibility index (Phi) is 8.52. The number of carbonyl (C=O) groups is 1. The third-order valence-corrected chi connectivity index (χ3v) is 13.1. The molecule has 5 heterocycles. The van der Waals surface area contributed by atoms with Crippen LogP contribution in [0.5, 0.6) is 0 Å². The van der Waals surface area contributed by atoms with Crippen molar-refractivity contribution in [1.82, 2.24) is 29.4 Å². The first-order valence-electron chi connectivity index (χ1n) is 19.1. The Morgan fingerprint density at radius 1 is 1.04 bits per heavy atom. The van der Waals surface area contributed by atoms with Gasteiger partial charge < -0.3 is 24.4 Å². The maximum Gasteiger partial charge on any atom is 0.410 e. The third-order valence-electron chi connectivity index (χ3n) is 12.7. The Bertz CT molecular complexity index is 1820. The molecule has 2 spiro atoms. The number of ether oxygens (including phenoxy) is 2. The van der Waals surface area contributed by atoms with E-state index >= 15 is 0 Å². The van der Waals surface area contributed by atoms with Gasteiger partial charge in [0.25, 0.3) is 0 Å². The van der Waals surface area contributed by atoms with E-state index in [1.165, 1.54) is 6.42 Å². The second-order valence-electron chi connectivity index (χ2n) is 18.0. The van der Waals surface area contributed by atoms with Gasteiger partial charge in [-0.1, -0.05) is 11.6 Å². The number of carbonyl (C=O) groups excluding carboxylic acids is 1. The summed E-state index contributed by atoms with van der Waals surface area (Å²) in [4.78, 5) is 19.7. The van der Waals surface area contributed by atoms with Crippen LogP contribution < -0.4 is 4.90 Å². The summed E-state index contributed by atoms with van der Waals surface area (Å²) in [5, 5.41) is 22.6. The summed E-state index contributed by atoms with van der Waals surface area (Å²) in [5.74, 6) is 1.01. The van der Waals surface area contributed by atoms with Crippen molar-refractivity contribution < 1.29 is 19.4 Å². The van der Waals surface area contributed by atoms with Crippen LogP contribution in [0.1, 0.15) is 110 Å². The van der Waals surface area contributed by atoms with Crippen molar-refractivity contribution in [3.8, 4) is 11.1 Å². The zero-order valence-corrected chi connectivity index (χ0v) is 32.4. The lowest BCUT2D eigenvalue weighted by atomic mass is 9.61. The molecule has 2 aliphatic carbocycles. The number of hydrogen-bond acceptors (Lipinski definition) is 8. The highest BCUT2D eigenvalue weighted by atomic mass is 35.5. The van der Waals surface area contributed by atoms with E-state index in [-0.39, 0.29) is 41.5 Å². The molecule has 5 aliphatic rings. The normalized spacial score (nSPS) is 23.8. The molecule has 1 N–H and O–H groups in total. The molecule has 278 valence electrons. The van der Waals surface area contributed by atoms with E-state index in [0.717, 1.165) is 128 Å². The second kappa shape index (κ2) is 12.4. The maximum absolute atomic E-state index is 12.8. The fourth-order valence-corrected chi connectivity index (χ4v) is 9.80. The molecule has 51 heavy (non-hydrogen) atoms. The molecule has 12 heteroatoms. The number of amides is 1. The fourth-order valence-electron chi connectivity index (χ4n) is 9.55. The molecule has 0 radical (unpaired) electrons.